The Balaban J connectivity index is 3.06. The summed E-state index contributed by atoms with van der Waals surface area (Å²) < 4.78 is 0. The second-order valence-corrected chi connectivity index (χ2v) is 9.22. The molecule has 112 valence electrons. The topological polar surface area (TPSA) is 0 Å². The molecule has 1 fully saturated rings. The van der Waals surface area contributed by atoms with Crippen LogP contribution in [0.25, 0.3) is 0 Å². The lowest BCUT2D eigenvalue weighted by molar-refractivity contribution is 0.0418. The van der Waals surface area contributed by atoms with Gasteiger partial charge in [-0.05, 0) is 40.9 Å². The van der Waals surface area contributed by atoms with Crippen LogP contribution in [-0.2, 0) is 0 Å². The summed E-state index contributed by atoms with van der Waals surface area (Å²) in [4.78, 5) is 0. The van der Waals surface area contributed by atoms with Gasteiger partial charge in [-0.3, -0.25) is 0 Å². The van der Waals surface area contributed by atoms with Crippen LogP contribution in [0, 0.1) is 28.1 Å². The molecule has 0 bridgehead atoms. The van der Waals surface area contributed by atoms with Crippen molar-refractivity contribution < 1.29 is 0 Å². The molecule has 0 nitrogen and oxygen atoms in total. The summed E-state index contributed by atoms with van der Waals surface area (Å²) in [5.41, 5.74) is 0.647. The zero-order chi connectivity index (χ0) is 16.0. The summed E-state index contributed by atoms with van der Waals surface area (Å²) >= 11 is 0. The maximum atomic E-state index is 6.50. The quantitative estimate of drug-likeness (QED) is 0.604. The van der Waals surface area contributed by atoms with E-state index in [0.717, 1.165) is 12.3 Å². The Labute approximate surface area is 130 Å². The van der Waals surface area contributed by atoms with Gasteiger partial charge in [-0.25, -0.2) is 0 Å². The van der Waals surface area contributed by atoms with Gasteiger partial charge in [0.2, 0.25) is 0 Å². The van der Waals surface area contributed by atoms with E-state index < -0.39 is 5.21 Å². The van der Waals surface area contributed by atoms with Crippen LogP contribution in [0.3, 0.4) is 0 Å². The maximum Gasteiger partial charge on any atom is 0.0627 e. The highest BCUT2D eigenvalue weighted by Crippen LogP contribution is 2.64. The number of rotatable bonds is 4. The van der Waals surface area contributed by atoms with Crippen LogP contribution in [0.5, 0.6) is 0 Å². The van der Waals surface area contributed by atoms with Gasteiger partial charge >= 0.3 is 0 Å². The SMILES string of the molecule is [B]C([B])(CC1CC(C)C(C)(C)C1(C)CCC)C(C)(C)C. The Kier molecular flexibility index (Phi) is 4.91. The molecule has 0 heterocycles. The van der Waals surface area contributed by atoms with Gasteiger partial charge in [0.05, 0.1) is 15.7 Å². The molecule has 4 radical (unpaired) electrons. The molecule has 0 saturated heterocycles. The van der Waals surface area contributed by atoms with Gasteiger partial charge in [-0.2, -0.15) is 0 Å². The third-order valence-corrected chi connectivity index (χ3v) is 6.99. The van der Waals surface area contributed by atoms with E-state index >= 15 is 0 Å². The molecule has 1 aliphatic rings. The molecule has 1 saturated carbocycles. The van der Waals surface area contributed by atoms with E-state index in [1.54, 1.807) is 0 Å². The van der Waals surface area contributed by atoms with Crippen molar-refractivity contribution in [3.63, 3.8) is 0 Å². The highest BCUT2D eigenvalue weighted by Gasteiger charge is 2.55. The smallest absolute Gasteiger partial charge is 0.0627 e. The van der Waals surface area contributed by atoms with Crippen molar-refractivity contribution in [1.82, 2.24) is 0 Å². The first kappa shape index (κ1) is 18.2. The van der Waals surface area contributed by atoms with Crippen molar-refractivity contribution in [2.75, 3.05) is 0 Å². The normalized spacial score (nSPS) is 34.4. The first-order chi connectivity index (χ1) is 8.79. The summed E-state index contributed by atoms with van der Waals surface area (Å²) in [6, 6.07) is 0. The minimum Gasteiger partial charge on any atom is -0.0940 e. The highest BCUT2D eigenvalue weighted by atomic mass is 14.6. The van der Waals surface area contributed by atoms with E-state index in [4.69, 9.17) is 15.7 Å². The minimum atomic E-state index is -0.590. The predicted octanol–water partition coefficient (Wildman–Crippen LogP) is 5.36. The van der Waals surface area contributed by atoms with Crippen molar-refractivity contribution >= 4 is 15.7 Å². The maximum absolute atomic E-state index is 6.50. The standard InChI is InChI=1S/C18H34B2/c1-9-10-17(8)14(11-13(2)16(17,6)7)12-18(19,20)15(3,4)5/h13-14H,9-12H2,1-8H3. The van der Waals surface area contributed by atoms with Gasteiger partial charge in [-0.1, -0.05) is 73.4 Å². The van der Waals surface area contributed by atoms with Crippen molar-refractivity contribution in [2.45, 2.75) is 86.3 Å². The largest absolute Gasteiger partial charge is 0.0940 e. The van der Waals surface area contributed by atoms with Crippen molar-refractivity contribution in [1.29, 1.82) is 0 Å². The molecular formula is C18H34B2. The van der Waals surface area contributed by atoms with E-state index in [2.05, 4.69) is 55.4 Å². The van der Waals surface area contributed by atoms with E-state index in [9.17, 15) is 0 Å². The van der Waals surface area contributed by atoms with Crippen molar-refractivity contribution in [3.8, 4) is 0 Å². The fourth-order valence-corrected chi connectivity index (χ4v) is 4.14. The third-order valence-electron chi connectivity index (χ3n) is 6.99. The van der Waals surface area contributed by atoms with Crippen LogP contribution in [0.4, 0.5) is 0 Å². The van der Waals surface area contributed by atoms with E-state index in [1.165, 1.54) is 19.3 Å². The Morgan fingerprint density at radius 3 is 2.00 bits per heavy atom. The van der Waals surface area contributed by atoms with E-state index in [1.807, 2.05) is 0 Å². The summed E-state index contributed by atoms with van der Waals surface area (Å²) in [5, 5.41) is -0.590. The Hall–Kier alpha value is 0.130. The van der Waals surface area contributed by atoms with Crippen LogP contribution in [0.2, 0.25) is 5.21 Å². The fourth-order valence-electron chi connectivity index (χ4n) is 4.14. The van der Waals surface area contributed by atoms with Gasteiger partial charge < -0.3 is 0 Å². The number of hydrogen-bond acceptors (Lipinski definition) is 0. The molecule has 0 aliphatic heterocycles. The molecule has 0 aromatic carbocycles. The van der Waals surface area contributed by atoms with Gasteiger partial charge in [0.15, 0.2) is 0 Å². The molecule has 20 heavy (non-hydrogen) atoms. The van der Waals surface area contributed by atoms with Crippen LogP contribution in [0.15, 0.2) is 0 Å². The number of hydrogen-bond donors (Lipinski definition) is 0. The summed E-state index contributed by atoms with van der Waals surface area (Å²) in [7, 11) is 13.0. The third kappa shape index (κ3) is 2.86. The Morgan fingerprint density at radius 2 is 1.60 bits per heavy atom. The molecule has 0 spiro atoms. The highest BCUT2D eigenvalue weighted by molar-refractivity contribution is 6.40. The van der Waals surface area contributed by atoms with Crippen LogP contribution >= 0.6 is 0 Å². The van der Waals surface area contributed by atoms with Crippen LogP contribution in [0.1, 0.15) is 81.1 Å². The summed E-state index contributed by atoms with van der Waals surface area (Å²) in [6.07, 6.45) is 4.70. The van der Waals surface area contributed by atoms with Crippen molar-refractivity contribution in [3.05, 3.63) is 0 Å². The monoisotopic (exact) mass is 272 g/mol. The average molecular weight is 272 g/mol. The fraction of sp³-hybridized carbons (Fsp3) is 1.00. The Morgan fingerprint density at radius 1 is 1.10 bits per heavy atom. The first-order valence-corrected chi connectivity index (χ1v) is 8.37. The van der Waals surface area contributed by atoms with Crippen molar-refractivity contribution in [2.24, 2.45) is 28.1 Å². The Bertz CT molecular complexity index is 338. The molecule has 1 aliphatic carbocycles. The van der Waals surface area contributed by atoms with E-state index in [0.29, 0.717) is 16.7 Å². The predicted molar refractivity (Wildman–Crippen MR) is 92.3 cm³/mol. The van der Waals surface area contributed by atoms with E-state index in [-0.39, 0.29) is 5.41 Å². The lowest BCUT2D eigenvalue weighted by Gasteiger charge is -2.49. The molecule has 0 amide bonds. The van der Waals surface area contributed by atoms with Gasteiger partial charge in [0.25, 0.3) is 0 Å². The lowest BCUT2D eigenvalue weighted by atomic mass is 9.40. The van der Waals surface area contributed by atoms with Crippen LogP contribution in [-0.4, -0.2) is 15.7 Å². The minimum absolute atomic E-state index is 0.0594. The zero-order valence-electron chi connectivity index (χ0n) is 15.1. The molecule has 1 rings (SSSR count). The molecule has 3 unspecified atom stereocenters. The van der Waals surface area contributed by atoms with Gasteiger partial charge in [0, 0.05) is 0 Å². The summed E-state index contributed by atoms with van der Waals surface area (Å²) in [6.45, 7) is 18.5. The van der Waals surface area contributed by atoms with Gasteiger partial charge in [0.1, 0.15) is 0 Å². The molecule has 0 N–H and O–H groups in total. The van der Waals surface area contributed by atoms with Gasteiger partial charge in [-0.15, -0.1) is 0 Å². The molecular weight excluding hydrogens is 238 g/mol. The molecule has 0 aromatic rings. The van der Waals surface area contributed by atoms with Crippen LogP contribution < -0.4 is 0 Å². The first-order valence-electron chi connectivity index (χ1n) is 8.37. The molecule has 2 heteroatoms. The zero-order valence-corrected chi connectivity index (χ0v) is 15.1. The second kappa shape index (κ2) is 5.40. The lowest BCUT2D eigenvalue weighted by Crippen LogP contribution is -2.40. The second-order valence-electron chi connectivity index (χ2n) is 9.22. The average Bonchev–Trinajstić information content (AvgIpc) is 2.39. The molecule has 0 aromatic heterocycles. The summed E-state index contributed by atoms with van der Waals surface area (Å²) in [5.74, 6) is 1.36. The molecule has 3 atom stereocenters.